The maximum atomic E-state index is 14.0. The van der Waals surface area contributed by atoms with Gasteiger partial charge in [0.15, 0.2) is 0 Å². The highest BCUT2D eigenvalue weighted by Crippen LogP contribution is 2.34. The molecule has 21 heavy (non-hydrogen) atoms. The molecule has 3 rings (SSSR count). The average Bonchev–Trinajstić information content (AvgIpc) is 2.46. The van der Waals surface area contributed by atoms with Gasteiger partial charge >= 0.3 is 0 Å². The number of anilines is 1. The van der Waals surface area contributed by atoms with Crippen LogP contribution in [0.15, 0.2) is 36.4 Å². The van der Waals surface area contributed by atoms with E-state index < -0.39 is 11.2 Å². The Morgan fingerprint density at radius 3 is 2.71 bits per heavy atom. The van der Waals surface area contributed by atoms with Crippen molar-refractivity contribution in [1.29, 1.82) is 0 Å². The van der Waals surface area contributed by atoms with E-state index in [1.165, 1.54) is 6.07 Å². The quantitative estimate of drug-likeness (QED) is 0.798. The molecule has 2 aromatic carbocycles. The minimum absolute atomic E-state index is 0.0152. The van der Waals surface area contributed by atoms with Crippen molar-refractivity contribution in [2.75, 3.05) is 5.32 Å². The molecule has 2 aromatic rings. The smallest absolute Gasteiger partial charge is 0.224 e. The van der Waals surface area contributed by atoms with E-state index in [4.69, 9.17) is 23.2 Å². The van der Waals surface area contributed by atoms with E-state index in [0.29, 0.717) is 23.4 Å². The number of carbonyl (C=O) groups excluding carboxylic acids is 1. The van der Waals surface area contributed by atoms with Crippen molar-refractivity contribution in [2.24, 2.45) is 0 Å². The third-order valence-corrected chi connectivity index (χ3v) is 4.28. The molecule has 2 nitrogen and oxygen atoms in total. The standard InChI is InChI=1S/C16H12Cl2FNO/c17-11-3-4-12(13(19)8-11)16(18)10-1-5-14-9(7-10)2-6-15(21)20-14/h1,3-5,7-8,16H,2,6H2,(H,20,21). The van der Waals surface area contributed by atoms with Gasteiger partial charge in [0.2, 0.25) is 5.91 Å². The summed E-state index contributed by atoms with van der Waals surface area (Å²) in [6, 6.07) is 10.00. The lowest BCUT2D eigenvalue weighted by Crippen LogP contribution is -2.19. The number of hydrogen-bond acceptors (Lipinski definition) is 1. The fraction of sp³-hybridized carbons (Fsp3) is 0.188. The Morgan fingerprint density at radius 1 is 1.14 bits per heavy atom. The van der Waals surface area contributed by atoms with Gasteiger partial charge in [0.05, 0.1) is 5.38 Å². The first-order valence-electron chi connectivity index (χ1n) is 6.56. The van der Waals surface area contributed by atoms with Crippen LogP contribution in [0.2, 0.25) is 5.02 Å². The normalized spacial score (nSPS) is 15.3. The van der Waals surface area contributed by atoms with E-state index in [-0.39, 0.29) is 5.91 Å². The van der Waals surface area contributed by atoms with Gasteiger partial charge in [0.1, 0.15) is 5.82 Å². The first-order valence-corrected chi connectivity index (χ1v) is 7.38. The predicted octanol–water partition coefficient (Wildman–Crippen LogP) is 4.69. The number of alkyl halides is 1. The number of halogens is 3. The van der Waals surface area contributed by atoms with Gasteiger partial charge in [0, 0.05) is 22.7 Å². The molecule has 0 spiro atoms. The lowest BCUT2D eigenvalue weighted by atomic mass is 9.96. The van der Waals surface area contributed by atoms with Gasteiger partial charge in [-0.1, -0.05) is 29.8 Å². The van der Waals surface area contributed by atoms with Crippen LogP contribution in [-0.4, -0.2) is 5.91 Å². The second-order valence-electron chi connectivity index (χ2n) is 4.99. The number of hydrogen-bond donors (Lipinski definition) is 1. The molecule has 1 heterocycles. The fourth-order valence-electron chi connectivity index (χ4n) is 2.45. The summed E-state index contributed by atoms with van der Waals surface area (Å²) in [4.78, 5) is 11.3. The Hall–Kier alpha value is -1.58. The molecular weight excluding hydrogens is 312 g/mol. The monoisotopic (exact) mass is 323 g/mol. The zero-order valence-electron chi connectivity index (χ0n) is 11.0. The first kappa shape index (κ1) is 14.4. The lowest BCUT2D eigenvalue weighted by Gasteiger charge is -2.19. The second-order valence-corrected chi connectivity index (χ2v) is 5.87. The summed E-state index contributed by atoms with van der Waals surface area (Å²) in [6.07, 6.45) is 1.13. The van der Waals surface area contributed by atoms with Crippen LogP contribution in [0.3, 0.4) is 0 Å². The van der Waals surface area contributed by atoms with Crippen LogP contribution in [0.5, 0.6) is 0 Å². The van der Waals surface area contributed by atoms with Crippen molar-refractivity contribution in [2.45, 2.75) is 18.2 Å². The molecule has 0 saturated heterocycles. The number of amides is 1. The summed E-state index contributed by atoms with van der Waals surface area (Å²) in [5.41, 5.74) is 3.01. The van der Waals surface area contributed by atoms with Crippen LogP contribution in [0.1, 0.15) is 28.5 Å². The third-order valence-electron chi connectivity index (χ3n) is 3.55. The molecule has 1 unspecified atom stereocenters. The molecule has 0 radical (unpaired) electrons. The highest BCUT2D eigenvalue weighted by molar-refractivity contribution is 6.30. The Bertz CT molecular complexity index is 717. The summed E-state index contributed by atoms with van der Waals surface area (Å²) in [7, 11) is 0. The number of fused-ring (bicyclic) bond motifs is 1. The maximum Gasteiger partial charge on any atom is 0.224 e. The SMILES string of the molecule is O=C1CCc2cc(C(Cl)c3ccc(Cl)cc3F)ccc2N1. The first-order chi connectivity index (χ1) is 10.0. The van der Waals surface area contributed by atoms with Crippen molar-refractivity contribution in [1.82, 2.24) is 0 Å². The topological polar surface area (TPSA) is 29.1 Å². The van der Waals surface area contributed by atoms with Gasteiger partial charge in [0.25, 0.3) is 0 Å². The number of aryl methyl sites for hydroxylation is 1. The summed E-state index contributed by atoms with van der Waals surface area (Å²) < 4.78 is 14.0. The van der Waals surface area contributed by atoms with Crippen LogP contribution < -0.4 is 5.32 Å². The predicted molar refractivity (Wildman–Crippen MR) is 82.5 cm³/mol. The molecule has 0 aliphatic carbocycles. The highest BCUT2D eigenvalue weighted by Gasteiger charge is 2.19. The van der Waals surface area contributed by atoms with Gasteiger partial charge in [-0.15, -0.1) is 11.6 Å². The van der Waals surface area contributed by atoms with Crippen molar-refractivity contribution in [3.63, 3.8) is 0 Å². The minimum Gasteiger partial charge on any atom is -0.326 e. The fourth-order valence-corrected chi connectivity index (χ4v) is 2.92. The van der Waals surface area contributed by atoms with E-state index in [1.54, 1.807) is 18.2 Å². The third kappa shape index (κ3) is 2.89. The molecule has 108 valence electrons. The number of carbonyl (C=O) groups is 1. The van der Waals surface area contributed by atoms with E-state index in [1.807, 2.05) is 12.1 Å². The largest absolute Gasteiger partial charge is 0.326 e. The van der Waals surface area contributed by atoms with Crippen LogP contribution in [-0.2, 0) is 11.2 Å². The van der Waals surface area contributed by atoms with Crippen molar-refractivity contribution < 1.29 is 9.18 Å². The van der Waals surface area contributed by atoms with E-state index in [9.17, 15) is 9.18 Å². The Morgan fingerprint density at radius 2 is 1.95 bits per heavy atom. The summed E-state index contributed by atoms with van der Waals surface area (Å²) in [6.45, 7) is 0. The molecule has 1 atom stereocenters. The van der Waals surface area contributed by atoms with Crippen molar-refractivity contribution >= 4 is 34.8 Å². The molecule has 1 amide bonds. The zero-order chi connectivity index (χ0) is 15.0. The molecule has 1 aliphatic heterocycles. The lowest BCUT2D eigenvalue weighted by molar-refractivity contribution is -0.116. The minimum atomic E-state index is -0.592. The van der Waals surface area contributed by atoms with Gasteiger partial charge in [-0.25, -0.2) is 4.39 Å². The van der Waals surface area contributed by atoms with Crippen LogP contribution in [0.4, 0.5) is 10.1 Å². The van der Waals surface area contributed by atoms with Crippen molar-refractivity contribution in [3.05, 3.63) is 63.9 Å². The van der Waals surface area contributed by atoms with Gasteiger partial charge in [-0.05, 0) is 35.7 Å². The van der Waals surface area contributed by atoms with Gasteiger partial charge < -0.3 is 5.32 Å². The maximum absolute atomic E-state index is 14.0. The van der Waals surface area contributed by atoms with Crippen molar-refractivity contribution in [3.8, 4) is 0 Å². The summed E-state index contributed by atoms with van der Waals surface area (Å²) >= 11 is 12.1. The molecule has 1 N–H and O–H groups in total. The van der Waals surface area contributed by atoms with E-state index >= 15 is 0 Å². The molecule has 1 aliphatic rings. The molecule has 0 aromatic heterocycles. The van der Waals surface area contributed by atoms with Gasteiger partial charge in [-0.3, -0.25) is 4.79 Å². The Labute approximate surface area is 131 Å². The number of rotatable bonds is 2. The Balaban J connectivity index is 1.95. The Kier molecular flexibility index (Phi) is 3.87. The number of nitrogens with one attached hydrogen (secondary N) is 1. The molecule has 0 saturated carbocycles. The second kappa shape index (κ2) is 5.66. The number of benzene rings is 2. The summed E-state index contributed by atoms with van der Waals surface area (Å²) in [5.74, 6) is -0.407. The van der Waals surface area contributed by atoms with E-state index in [2.05, 4.69) is 5.32 Å². The van der Waals surface area contributed by atoms with Crippen LogP contribution in [0, 0.1) is 5.82 Å². The van der Waals surface area contributed by atoms with Gasteiger partial charge in [-0.2, -0.15) is 0 Å². The van der Waals surface area contributed by atoms with E-state index in [0.717, 1.165) is 16.8 Å². The highest BCUT2D eigenvalue weighted by atomic mass is 35.5. The van der Waals surface area contributed by atoms with Crippen LogP contribution >= 0.6 is 23.2 Å². The molecule has 5 heteroatoms. The molecule has 0 fully saturated rings. The van der Waals surface area contributed by atoms with Crippen LogP contribution in [0.25, 0.3) is 0 Å². The summed E-state index contributed by atoms with van der Waals surface area (Å²) in [5, 5.41) is 2.56. The molecular formula is C16H12Cl2FNO. The zero-order valence-corrected chi connectivity index (χ0v) is 12.5. The molecule has 0 bridgehead atoms. The average molecular weight is 324 g/mol.